The molecule has 0 saturated carbocycles. The third-order valence-electron chi connectivity index (χ3n) is 7.72. The molecule has 2 unspecified atom stereocenters. The fourth-order valence-electron chi connectivity index (χ4n) is 5.23. The van der Waals surface area contributed by atoms with E-state index in [1.54, 1.807) is 44.2 Å². The van der Waals surface area contributed by atoms with E-state index in [-0.39, 0.29) is 19.6 Å². The molecule has 0 radical (unpaired) electrons. The number of hydrogen-bond acceptors (Lipinski definition) is 9. The third kappa shape index (κ3) is 10.6. The van der Waals surface area contributed by atoms with Crippen LogP contribution in [-0.4, -0.2) is 77.3 Å². The average molecular weight is 616 g/mol. The molecule has 1 aromatic carbocycles. The lowest BCUT2D eigenvalue weighted by Gasteiger charge is -2.49. The van der Waals surface area contributed by atoms with Gasteiger partial charge in [0.1, 0.15) is 31.0 Å². The molecule has 10 nitrogen and oxygen atoms in total. The zero-order chi connectivity index (χ0) is 31.5. The summed E-state index contributed by atoms with van der Waals surface area (Å²) in [4.78, 5) is 25.4. The van der Waals surface area contributed by atoms with E-state index in [4.69, 9.17) is 23.7 Å². The highest BCUT2D eigenvalue weighted by Gasteiger charge is 2.55. The summed E-state index contributed by atoms with van der Waals surface area (Å²) in [6.07, 6.45) is -0.636. The molecule has 0 aromatic heterocycles. The maximum absolute atomic E-state index is 15.6. The molecule has 12 heteroatoms. The second kappa shape index (κ2) is 16.6. The lowest BCUT2D eigenvalue weighted by Crippen LogP contribution is -2.69. The Hall–Kier alpha value is -2.38. The summed E-state index contributed by atoms with van der Waals surface area (Å²) >= 11 is 0. The van der Waals surface area contributed by atoms with Crippen molar-refractivity contribution in [1.29, 1.82) is 0 Å². The zero-order valence-electron chi connectivity index (χ0n) is 25.3. The van der Waals surface area contributed by atoms with Crippen molar-refractivity contribution < 1.29 is 52.3 Å². The number of aliphatic hydroxyl groups excluding tert-OH is 2. The first-order valence-electron chi connectivity index (χ1n) is 15.3. The molecule has 244 valence electrons. The first-order chi connectivity index (χ1) is 20.4. The summed E-state index contributed by atoms with van der Waals surface area (Å²) in [6.45, 7) is 5.16. The second-order valence-corrected chi connectivity index (χ2v) is 11.7. The molecule has 3 rings (SSSR count). The van der Waals surface area contributed by atoms with Gasteiger partial charge in [0, 0.05) is 0 Å². The highest BCUT2D eigenvalue weighted by atomic mass is 19.3. The standard InChI is InChI=1S/C31H47F2NO9/c1-4-5-6-7-8-9-10-11-15-18-23(42-29(38)39-19-21-16-13-12-14-17-21)31(32,33)28(37)34-24-25(35)26-22(41-27(24)36)20-40-30(2,3)43-26/h12-14,16-17,22-27,35-36H,4-11,15,18-20H2,1-3H3,(H,34,37)/t22-,23?,24?,25-,26-,27-/m1/s1. The van der Waals surface area contributed by atoms with E-state index in [2.05, 4.69) is 6.92 Å². The number of nitrogens with one attached hydrogen (secondary N) is 1. The maximum Gasteiger partial charge on any atom is 0.509 e. The Kier molecular flexibility index (Phi) is 13.6. The number of rotatable bonds is 16. The highest BCUT2D eigenvalue weighted by Crippen LogP contribution is 2.33. The molecule has 2 fully saturated rings. The summed E-state index contributed by atoms with van der Waals surface area (Å²) < 4.78 is 57.8. The Labute approximate surface area is 252 Å². The smallest absolute Gasteiger partial charge is 0.429 e. The van der Waals surface area contributed by atoms with Crippen LogP contribution in [-0.2, 0) is 35.1 Å². The molecule has 1 aromatic rings. The van der Waals surface area contributed by atoms with E-state index in [0.717, 1.165) is 32.1 Å². The van der Waals surface area contributed by atoms with Crippen LogP contribution in [0.25, 0.3) is 0 Å². The molecule has 0 bridgehead atoms. The van der Waals surface area contributed by atoms with Crippen LogP contribution in [0.15, 0.2) is 30.3 Å². The lowest BCUT2D eigenvalue weighted by atomic mass is 9.94. The Morgan fingerprint density at radius 1 is 1.05 bits per heavy atom. The maximum atomic E-state index is 15.6. The SMILES string of the molecule is CCCCCCCCCCCC(OC(=O)OCc1ccccc1)C(F)(F)C(=O)NC1[C@H](O)O[C@@H]2COC(C)(C)O[C@H]2[C@@H]1O. The van der Waals surface area contributed by atoms with Crippen molar-refractivity contribution in [3.8, 4) is 0 Å². The molecule has 2 heterocycles. The van der Waals surface area contributed by atoms with Crippen molar-refractivity contribution in [1.82, 2.24) is 5.32 Å². The van der Waals surface area contributed by atoms with E-state index in [1.165, 1.54) is 12.8 Å². The lowest BCUT2D eigenvalue weighted by molar-refractivity contribution is -0.364. The fourth-order valence-corrected chi connectivity index (χ4v) is 5.23. The molecule has 2 saturated heterocycles. The molecule has 0 spiro atoms. The van der Waals surface area contributed by atoms with Gasteiger partial charge in [0.15, 0.2) is 18.2 Å². The second-order valence-electron chi connectivity index (χ2n) is 11.7. The summed E-state index contributed by atoms with van der Waals surface area (Å²) in [7, 11) is 0. The molecular weight excluding hydrogens is 568 g/mol. The molecule has 3 N–H and O–H groups in total. The van der Waals surface area contributed by atoms with Gasteiger partial charge >= 0.3 is 12.1 Å². The fraction of sp³-hybridized carbons (Fsp3) is 0.742. The number of hydrogen-bond donors (Lipinski definition) is 3. The van der Waals surface area contributed by atoms with Crippen LogP contribution in [0.1, 0.15) is 90.5 Å². The first kappa shape index (κ1) is 35.1. The molecule has 2 aliphatic rings. The first-order valence-corrected chi connectivity index (χ1v) is 15.3. The number of halogens is 2. The summed E-state index contributed by atoms with van der Waals surface area (Å²) in [6, 6.07) is 7.02. The molecule has 1 amide bonds. The van der Waals surface area contributed by atoms with Crippen molar-refractivity contribution in [2.24, 2.45) is 0 Å². The molecule has 2 aliphatic heterocycles. The normalized spacial score (nSPS) is 25.8. The Bertz CT molecular complexity index is 997. The highest BCUT2D eigenvalue weighted by molar-refractivity contribution is 5.84. The van der Waals surface area contributed by atoms with Crippen molar-refractivity contribution >= 4 is 12.1 Å². The van der Waals surface area contributed by atoms with Gasteiger partial charge in [0.2, 0.25) is 0 Å². The van der Waals surface area contributed by atoms with Gasteiger partial charge in [-0.05, 0) is 32.3 Å². The van der Waals surface area contributed by atoms with Gasteiger partial charge in [-0.3, -0.25) is 4.79 Å². The van der Waals surface area contributed by atoms with Gasteiger partial charge in [-0.15, -0.1) is 0 Å². The van der Waals surface area contributed by atoms with Crippen LogP contribution >= 0.6 is 0 Å². The number of ether oxygens (including phenoxy) is 5. The van der Waals surface area contributed by atoms with Crippen molar-refractivity contribution in [3.63, 3.8) is 0 Å². The Morgan fingerprint density at radius 3 is 2.33 bits per heavy atom. The molecule has 0 aliphatic carbocycles. The van der Waals surface area contributed by atoms with Crippen molar-refractivity contribution in [2.45, 2.75) is 140 Å². The van der Waals surface area contributed by atoms with Gasteiger partial charge in [-0.2, -0.15) is 8.78 Å². The van der Waals surface area contributed by atoms with Gasteiger partial charge < -0.3 is 39.2 Å². The minimum atomic E-state index is -4.21. The van der Waals surface area contributed by atoms with Gasteiger partial charge in [0.05, 0.1) is 6.61 Å². The third-order valence-corrected chi connectivity index (χ3v) is 7.72. The number of unbranched alkanes of at least 4 members (excludes halogenated alkanes) is 8. The number of benzene rings is 1. The van der Waals surface area contributed by atoms with Crippen molar-refractivity contribution in [2.75, 3.05) is 6.61 Å². The summed E-state index contributed by atoms with van der Waals surface area (Å²) in [5, 5.41) is 23.3. The number of carbonyl (C=O) groups is 2. The number of carbonyl (C=O) groups excluding carboxylic acids is 2. The summed E-state index contributed by atoms with van der Waals surface area (Å²) in [5.74, 6) is -7.14. The predicted molar refractivity (Wildman–Crippen MR) is 152 cm³/mol. The van der Waals surface area contributed by atoms with Crippen molar-refractivity contribution in [3.05, 3.63) is 35.9 Å². The van der Waals surface area contributed by atoms with Crippen LogP contribution in [0.5, 0.6) is 0 Å². The van der Waals surface area contributed by atoms with E-state index in [9.17, 15) is 19.8 Å². The minimum absolute atomic E-state index is 0.0115. The predicted octanol–water partition coefficient (Wildman–Crippen LogP) is 4.98. The topological polar surface area (TPSA) is 133 Å². The van der Waals surface area contributed by atoms with Gasteiger partial charge in [-0.25, -0.2) is 4.79 Å². The van der Waals surface area contributed by atoms with Crippen LogP contribution in [0, 0.1) is 0 Å². The molecule has 43 heavy (non-hydrogen) atoms. The van der Waals surface area contributed by atoms with Gasteiger partial charge in [-0.1, -0.05) is 88.6 Å². The van der Waals surface area contributed by atoms with Crippen LogP contribution < -0.4 is 5.32 Å². The monoisotopic (exact) mass is 615 g/mol. The van der Waals surface area contributed by atoms with E-state index in [1.807, 2.05) is 5.32 Å². The van der Waals surface area contributed by atoms with Gasteiger partial charge in [0.25, 0.3) is 5.91 Å². The quantitative estimate of drug-likeness (QED) is 0.174. The van der Waals surface area contributed by atoms with Crippen LogP contribution in [0.2, 0.25) is 0 Å². The Balaban J connectivity index is 1.61. The number of amides is 1. The van der Waals surface area contributed by atoms with E-state index < -0.39 is 60.5 Å². The minimum Gasteiger partial charge on any atom is -0.429 e. The number of fused-ring (bicyclic) bond motifs is 1. The van der Waals surface area contributed by atoms with Crippen LogP contribution in [0.3, 0.4) is 0 Å². The largest absolute Gasteiger partial charge is 0.509 e. The van der Waals surface area contributed by atoms with Crippen LogP contribution in [0.4, 0.5) is 13.6 Å². The van der Waals surface area contributed by atoms with E-state index in [0.29, 0.717) is 18.4 Å². The molecule has 6 atom stereocenters. The zero-order valence-corrected chi connectivity index (χ0v) is 25.3. The van der Waals surface area contributed by atoms with E-state index >= 15 is 8.78 Å². The summed E-state index contributed by atoms with van der Waals surface area (Å²) in [5.41, 5.74) is 0.636. The number of alkyl halides is 2. The number of aliphatic hydroxyl groups is 2. The molecular formula is C31H47F2NO9. The average Bonchev–Trinajstić information content (AvgIpc) is 2.97. The Morgan fingerprint density at radius 2 is 1.67 bits per heavy atom.